The third kappa shape index (κ3) is 1.64. The van der Waals surface area contributed by atoms with E-state index in [1.165, 1.54) is 0 Å². The normalized spacial score (nSPS) is 10.9. The van der Waals surface area contributed by atoms with Crippen LogP contribution in [0.4, 0.5) is 0 Å². The molecule has 0 aromatic carbocycles. The van der Waals surface area contributed by atoms with Crippen molar-refractivity contribution < 1.29 is 9.90 Å². The average Bonchev–Trinajstić information content (AvgIpc) is 2.59. The zero-order valence-corrected chi connectivity index (χ0v) is 9.32. The largest absolute Gasteiger partial charge is 0.476 e. The van der Waals surface area contributed by atoms with Crippen LogP contribution < -0.4 is 5.32 Å². The van der Waals surface area contributed by atoms with E-state index >= 15 is 0 Å². The van der Waals surface area contributed by atoms with Crippen LogP contribution in [0.5, 0.6) is 0 Å². The van der Waals surface area contributed by atoms with Gasteiger partial charge in [0.25, 0.3) is 0 Å². The molecule has 0 fully saturated rings. The molecule has 0 radical (unpaired) electrons. The lowest BCUT2D eigenvalue weighted by Crippen LogP contribution is -2.09. The Morgan fingerprint density at radius 1 is 1.62 bits per heavy atom. The topological polar surface area (TPSA) is 66.6 Å². The van der Waals surface area contributed by atoms with Crippen molar-refractivity contribution >= 4 is 23.1 Å². The van der Waals surface area contributed by atoms with Gasteiger partial charge in [0.1, 0.15) is 11.0 Å². The maximum atomic E-state index is 11.0. The number of imidazole rings is 1. The van der Waals surface area contributed by atoms with Gasteiger partial charge in [0, 0.05) is 0 Å². The van der Waals surface area contributed by atoms with E-state index in [1.807, 2.05) is 0 Å². The third-order valence-corrected chi connectivity index (χ3v) is 2.52. The standard InChI is InChI=1S/C10H10ClN3O2/c1-12-5-8-13-9(10(15)16)6-3-2-4-7(11)14(6)8/h2-4,12H,5H2,1H3,(H,15,16). The first kappa shape index (κ1) is 10.9. The van der Waals surface area contributed by atoms with Crippen LogP contribution in [0.3, 0.4) is 0 Å². The fourth-order valence-electron chi connectivity index (χ4n) is 1.60. The summed E-state index contributed by atoms with van der Waals surface area (Å²) in [6, 6.07) is 5.08. The number of fused-ring (bicyclic) bond motifs is 1. The van der Waals surface area contributed by atoms with E-state index in [4.69, 9.17) is 16.7 Å². The highest BCUT2D eigenvalue weighted by Crippen LogP contribution is 2.19. The molecule has 16 heavy (non-hydrogen) atoms. The summed E-state index contributed by atoms with van der Waals surface area (Å²) in [5.41, 5.74) is 0.526. The molecule has 0 spiro atoms. The van der Waals surface area contributed by atoms with Crippen molar-refractivity contribution in [3.05, 3.63) is 34.9 Å². The summed E-state index contributed by atoms with van der Waals surface area (Å²) >= 11 is 6.02. The molecule has 5 nitrogen and oxygen atoms in total. The van der Waals surface area contributed by atoms with Crippen LogP contribution in [-0.4, -0.2) is 27.5 Å². The van der Waals surface area contributed by atoms with Crippen LogP contribution in [0.1, 0.15) is 16.3 Å². The van der Waals surface area contributed by atoms with Gasteiger partial charge in [0.2, 0.25) is 0 Å². The summed E-state index contributed by atoms with van der Waals surface area (Å²) < 4.78 is 1.63. The Bertz CT molecular complexity index is 550. The number of pyridine rings is 1. The smallest absolute Gasteiger partial charge is 0.356 e. The number of carboxylic acids is 1. The summed E-state index contributed by atoms with van der Waals surface area (Å²) in [5.74, 6) is -0.470. The Hall–Kier alpha value is -1.59. The minimum absolute atomic E-state index is 0.0211. The van der Waals surface area contributed by atoms with Crippen LogP contribution in [0.2, 0.25) is 5.15 Å². The Morgan fingerprint density at radius 2 is 2.38 bits per heavy atom. The summed E-state index contributed by atoms with van der Waals surface area (Å²) in [7, 11) is 1.76. The summed E-state index contributed by atoms with van der Waals surface area (Å²) in [4.78, 5) is 15.1. The van der Waals surface area contributed by atoms with Gasteiger partial charge in [-0.3, -0.25) is 4.40 Å². The zero-order chi connectivity index (χ0) is 11.7. The second kappa shape index (κ2) is 4.11. The van der Waals surface area contributed by atoms with Crippen molar-refractivity contribution in [3.8, 4) is 0 Å². The van der Waals surface area contributed by atoms with Crippen LogP contribution >= 0.6 is 11.6 Å². The molecular formula is C10H10ClN3O2. The Balaban J connectivity index is 2.76. The van der Waals surface area contributed by atoms with Crippen molar-refractivity contribution in [1.82, 2.24) is 14.7 Å². The fraction of sp³-hybridized carbons (Fsp3) is 0.200. The highest BCUT2D eigenvalue weighted by atomic mass is 35.5. The van der Waals surface area contributed by atoms with Gasteiger partial charge in [-0.05, 0) is 19.2 Å². The number of hydrogen-bond donors (Lipinski definition) is 2. The van der Waals surface area contributed by atoms with Gasteiger partial charge in [-0.25, -0.2) is 9.78 Å². The third-order valence-electron chi connectivity index (χ3n) is 2.22. The van der Waals surface area contributed by atoms with Gasteiger partial charge in [-0.2, -0.15) is 0 Å². The van der Waals surface area contributed by atoms with Gasteiger partial charge in [0.05, 0.1) is 12.1 Å². The lowest BCUT2D eigenvalue weighted by atomic mass is 10.3. The molecule has 0 unspecified atom stereocenters. The molecule has 0 bridgehead atoms. The molecule has 0 saturated heterocycles. The molecule has 0 atom stereocenters. The first-order chi connectivity index (χ1) is 7.65. The van der Waals surface area contributed by atoms with E-state index in [-0.39, 0.29) is 5.69 Å². The van der Waals surface area contributed by atoms with Gasteiger partial charge in [-0.1, -0.05) is 17.7 Å². The highest BCUT2D eigenvalue weighted by molar-refractivity contribution is 6.29. The van der Waals surface area contributed by atoms with Crippen molar-refractivity contribution in [2.24, 2.45) is 0 Å². The molecule has 0 aliphatic rings. The van der Waals surface area contributed by atoms with Crippen LogP contribution in [-0.2, 0) is 6.54 Å². The second-order valence-corrected chi connectivity index (χ2v) is 3.67. The number of aromatic nitrogens is 2. The molecule has 2 aromatic rings. The monoisotopic (exact) mass is 239 g/mol. The van der Waals surface area contributed by atoms with Crippen molar-refractivity contribution in [2.75, 3.05) is 7.05 Å². The number of nitrogens with one attached hydrogen (secondary N) is 1. The SMILES string of the molecule is CNCc1nc(C(=O)O)c2cccc(Cl)n12. The van der Waals surface area contributed by atoms with Gasteiger partial charge in [-0.15, -0.1) is 0 Å². The Morgan fingerprint density at radius 3 is 3.00 bits per heavy atom. The predicted octanol–water partition coefficient (Wildman–Crippen LogP) is 1.41. The summed E-state index contributed by atoms with van der Waals surface area (Å²) in [6.07, 6.45) is 0. The van der Waals surface area contributed by atoms with E-state index in [2.05, 4.69) is 10.3 Å². The lowest BCUT2D eigenvalue weighted by molar-refractivity contribution is 0.0693. The van der Waals surface area contributed by atoms with Crippen LogP contribution in [0.15, 0.2) is 18.2 Å². The molecule has 2 N–H and O–H groups in total. The Kier molecular flexibility index (Phi) is 2.80. The number of aromatic carboxylic acids is 1. The molecule has 6 heteroatoms. The molecule has 84 valence electrons. The maximum Gasteiger partial charge on any atom is 0.356 e. The number of halogens is 1. The molecule has 0 saturated carbocycles. The van der Waals surface area contributed by atoms with E-state index in [0.29, 0.717) is 23.0 Å². The molecule has 2 heterocycles. The molecule has 2 rings (SSSR count). The number of carbonyl (C=O) groups is 1. The van der Waals surface area contributed by atoms with E-state index in [0.717, 1.165) is 0 Å². The van der Waals surface area contributed by atoms with Gasteiger partial charge < -0.3 is 10.4 Å². The zero-order valence-electron chi connectivity index (χ0n) is 8.57. The van der Waals surface area contributed by atoms with Crippen molar-refractivity contribution in [3.63, 3.8) is 0 Å². The lowest BCUT2D eigenvalue weighted by Gasteiger charge is -2.01. The first-order valence-corrected chi connectivity index (χ1v) is 5.06. The highest BCUT2D eigenvalue weighted by Gasteiger charge is 2.17. The maximum absolute atomic E-state index is 11.0. The quantitative estimate of drug-likeness (QED) is 0.795. The van der Waals surface area contributed by atoms with Crippen molar-refractivity contribution in [1.29, 1.82) is 0 Å². The number of nitrogens with zero attached hydrogens (tertiary/aromatic N) is 2. The average molecular weight is 240 g/mol. The summed E-state index contributed by atoms with van der Waals surface area (Å²) in [6.45, 7) is 0.457. The molecule has 2 aromatic heterocycles. The van der Waals surface area contributed by atoms with Crippen molar-refractivity contribution in [2.45, 2.75) is 6.54 Å². The van der Waals surface area contributed by atoms with E-state index in [1.54, 1.807) is 29.6 Å². The minimum atomic E-state index is -1.05. The predicted molar refractivity (Wildman–Crippen MR) is 59.9 cm³/mol. The number of hydrogen-bond acceptors (Lipinski definition) is 3. The Labute approximate surface area is 96.7 Å². The van der Waals surface area contributed by atoms with E-state index in [9.17, 15) is 4.79 Å². The van der Waals surface area contributed by atoms with Gasteiger partial charge in [0.15, 0.2) is 5.69 Å². The second-order valence-electron chi connectivity index (χ2n) is 3.28. The molecule has 0 amide bonds. The van der Waals surface area contributed by atoms with Gasteiger partial charge >= 0.3 is 5.97 Å². The molecular weight excluding hydrogens is 230 g/mol. The fourth-order valence-corrected chi connectivity index (χ4v) is 1.86. The number of rotatable bonds is 3. The first-order valence-electron chi connectivity index (χ1n) is 4.69. The van der Waals surface area contributed by atoms with Crippen LogP contribution in [0.25, 0.3) is 5.52 Å². The summed E-state index contributed by atoms with van der Waals surface area (Å²) in [5, 5.41) is 12.4. The van der Waals surface area contributed by atoms with E-state index < -0.39 is 5.97 Å². The van der Waals surface area contributed by atoms with Crippen LogP contribution in [0, 0.1) is 0 Å². The molecule has 0 aliphatic carbocycles. The number of carboxylic acid groups (broad SMARTS) is 1. The minimum Gasteiger partial charge on any atom is -0.476 e. The molecule has 0 aliphatic heterocycles.